The van der Waals surface area contributed by atoms with E-state index in [9.17, 15) is 22.8 Å². The van der Waals surface area contributed by atoms with Crippen molar-refractivity contribution in [2.75, 3.05) is 0 Å². The van der Waals surface area contributed by atoms with Crippen LogP contribution < -0.4 is 15.9 Å². The summed E-state index contributed by atoms with van der Waals surface area (Å²) in [7, 11) is 0. The maximum atomic E-state index is 13.5. The number of benzene rings is 1. The van der Waals surface area contributed by atoms with E-state index < -0.39 is 35.4 Å². The fourth-order valence-electron chi connectivity index (χ4n) is 2.87. The summed E-state index contributed by atoms with van der Waals surface area (Å²) in [6.45, 7) is -0.583. The van der Waals surface area contributed by atoms with Gasteiger partial charge in [0, 0.05) is 11.2 Å². The number of ether oxygens (including phenoxy) is 1. The van der Waals surface area contributed by atoms with Gasteiger partial charge in [-0.2, -0.15) is 23.5 Å². The summed E-state index contributed by atoms with van der Waals surface area (Å²) in [5.74, 6) is -1.45. The van der Waals surface area contributed by atoms with Crippen LogP contribution in [0.2, 0.25) is 5.02 Å². The van der Waals surface area contributed by atoms with E-state index in [0.717, 1.165) is 21.5 Å². The maximum absolute atomic E-state index is 13.5. The van der Waals surface area contributed by atoms with E-state index in [1.807, 2.05) is 0 Å². The van der Waals surface area contributed by atoms with E-state index >= 15 is 0 Å². The smallest absolute Gasteiger partial charge is 0.437 e. The molecule has 0 bridgehead atoms. The third kappa shape index (κ3) is 4.50. The van der Waals surface area contributed by atoms with Gasteiger partial charge in [-0.25, -0.2) is 14.3 Å². The Morgan fingerprint density at radius 1 is 1.15 bits per heavy atom. The molecule has 1 aromatic carbocycles. The minimum absolute atomic E-state index is 0.000882. The Kier molecular flexibility index (Phi) is 5.86. The Bertz CT molecular complexity index is 1520. The van der Waals surface area contributed by atoms with Gasteiger partial charge in [-0.05, 0) is 24.3 Å². The fraction of sp³-hybridized carbons (Fsp3) is 0.105. The summed E-state index contributed by atoms with van der Waals surface area (Å²) >= 11 is 5.87. The summed E-state index contributed by atoms with van der Waals surface area (Å²) < 4.78 is 48.5. The van der Waals surface area contributed by atoms with Crippen LogP contribution in [-0.2, 0) is 12.8 Å². The van der Waals surface area contributed by atoms with Crippen molar-refractivity contribution in [1.29, 1.82) is 5.26 Å². The molecule has 0 saturated heterocycles. The van der Waals surface area contributed by atoms with Crippen LogP contribution in [0, 0.1) is 11.3 Å². The number of aromatic nitrogens is 7. The molecule has 0 aliphatic heterocycles. The molecule has 3 heterocycles. The van der Waals surface area contributed by atoms with Gasteiger partial charge in [0.05, 0.1) is 30.4 Å². The molecule has 0 N–H and O–H groups in total. The van der Waals surface area contributed by atoms with Gasteiger partial charge in [0.1, 0.15) is 18.1 Å². The van der Waals surface area contributed by atoms with Gasteiger partial charge in [-0.3, -0.25) is 14.2 Å². The lowest BCUT2D eigenvalue weighted by Crippen LogP contribution is -2.34. The summed E-state index contributed by atoms with van der Waals surface area (Å²) in [6, 6.07) is 6.63. The molecule has 11 nitrogen and oxygen atoms in total. The molecule has 0 aliphatic rings. The molecule has 0 amide bonds. The number of nitrogens with zero attached hydrogens (tertiary/aromatic N) is 8. The molecule has 0 unspecified atom stereocenters. The van der Waals surface area contributed by atoms with Crippen molar-refractivity contribution < 1.29 is 17.9 Å². The van der Waals surface area contributed by atoms with Crippen LogP contribution in [0.1, 0.15) is 11.3 Å². The molecular weight excluding hydrogens is 481 g/mol. The molecule has 0 atom stereocenters. The zero-order chi connectivity index (χ0) is 24.5. The third-order valence-corrected chi connectivity index (χ3v) is 4.55. The van der Waals surface area contributed by atoms with Crippen LogP contribution in [-0.4, -0.2) is 34.3 Å². The normalized spacial score (nSPS) is 11.3. The van der Waals surface area contributed by atoms with Crippen molar-refractivity contribution in [3.8, 4) is 23.3 Å². The van der Waals surface area contributed by atoms with Gasteiger partial charge < -0.3 is 4.74 Å². The molecule has 3 aromatic heterocycles. The van der Waals surface area contributed by atoms with Crippen LogP contribution in [0.15, 0.2) is 58.8 Å². The molecule has 0 fully saturated rings. The van der Waals surface area contributed by atoms with Crippen molar-refractivity contribution in [1.82, 2.24) is 34.3 Å². The summed E-state index contributed by atoms with van der Waals surface area (Å²) in [6.07, 6.45) is -0.432. The van der Waals surface area contributed by atoms with Gasteiger partial charge >= 0.3 is 6.18 Å². The van der Waals surface area contributed by atoms with E-state index in [0.29, 0.717) is 10.9 Å². The number of halogens is 4. The standard InChI is InChI=1S/C19H10ClF3N8O3/c20-12-5-11(8-24)6-13(7-12)34-15-16(19(21,22)23)25-9-29(18(15)33)10-31-17(32)14(1-2-27-31)30-4-3-26-28-30/h1-7,9H,10H2. The lowest BCUT2D eigenvalue weighted by atomic mass is 10.2. The molecule has 4 aromatic rings. The first-order valence-corrected chi connectivity index (χ1v) is 9.53. The minimum Gasteiger partial charge on any atom is -0.449 e. The van der Waals surface area contributed by atoms with Crippen LogP contribution in [0.5, 0.6) is 11.5 Å². The Hall–Kier alpha value is -4.51. The van der Waals surface area contributed by atoms with Gasteiger partial charge in [-0.15, -0.1) is 5.10 Å². The average molecular weight is 491 g/mol. The predicted molar refractivity (Wildman–Crippen MR) is 109 cm³/mol. The second-order valence-electron chi connectivity index (χ2n) is 6.59. The second-order valence-corrected chi connectivity index (χ2v) is 7.03. The first-order chi connectivity index (χ1) is 16.2. The van der Waals surface area contributed by atoms with Gasteiger partial charge in [-0.1, -0.05) is 16.8 Å². The number of alkyl halides is 3. The summed E-state index contributed by atoms with van der Waals surface area (Å²) in [4.78, 5) is 29.0. The molecule has 0 aliphatic carbocycles. The summed E-state index contributed by atoms with van der Waals surface area (Å²) in [5.41, 5.74) is -3.50. The lowest BCUT2D eigenvalue weighted by Gasteiger charge is -2.15. The van der Waals surface area contributed by atoms with E-state index in [2.05, 4.69) is 20.4 Å². The van der Waals surface area contributed by atoms with Crippen molar-refractivity contribution in [2.24, 2.45) is 0 Å². The highest BCUT2D eigenvalue weighted by Crippen LogP contribution is 2.35. The zero-order valence-corrected chi connectivity index (χ0v) is 17.4. The molecular formula is C19H10ClF3N8O3. The molecule has 4 rings (SSSR count). The van der Waals surface area contributed by atoms with Crippen molar-refractivity contribution in [3.63, 3.8) is 0 Å². The highest BCUT2D eigenvalue weighted by atomic mass is 35.5. The van der Waals surface area contributed by atoms with E-state index in [1.54, 1.807) is 6.07 Å². The molecule has 0 radical (unpaired) electrons. The first kappa shape index (κ1) is 22.7. The third-order valence-electron chi connectivity index (χ3n) is 4.33. The van der Waals surface area contributed by atoms with Gasteiger partial charge in [0.15, 0.2) is 5.69 Å². The largest absolute Gasteiger partial charge is 0.449 e. The van der Waals surface area contributed by atoms with Crippen LogP contribution in [0.4, 0.5) is 13.2 Å². The Morgan fingerprint density at radius 3 is 2.62 bits per heavy atom. The molecule has 0 saturated carbocycles. The number of rotatable bonds is 5. The number of hydrogen-bond acceptors (Lipinski definition) is 8. The molecule has 34 heavy (non-hydrogen) atoms. The fourth-order valence-corrected chi connectivity index (χ4v) is 3.09. The second kappa shape index (κ2) is 8.79. The quantitative estimate of drug-likeness (QED) is 0.416. The van der Waals surface area contributed by atoms with Crippen LogP contribution in [0.25, 0.3) is 5.69 Å². The minimum atomic E-state index is -5.04. The number of hydrogen-bond donors (Lipinski definition) is 0. The van der Waals surface area contributed by atoms with Crippen LogP contribution >= 0.6 is 11.6 Å². The van der Waals surface area contributed by atoms with E-state index in [4.69, 9.17) is 21.6 Å². The number of nitriles is 1. The van der Waals surface area contributed by atoms with Gasteiger partial charge in [0.25, 0.3) is 11.1 Å². The Balaban J connectivity index is 1.79. The monoisotopic (exact) mass is 490 g/mol. The predicted octanol–water partition coefficient (Wildman–Crippen LogP) is 2.22. The zero-order valence-electron chi connectivity index (χ0n) is 16.6. The van der Waals surface area contributed by atoms with E-state index in [1.165, 1.54) is 30.7 Å². The van der Waals surface area contributed by atoms with Crippen LogP contribution in [0.3, 0.4) is 0 Å². The Labute approximate surface area is 191 Å². The molecule has 15 heteroatoms. The maximum Gasteiger partial charge on any atom is 0.437 e. The Morgan fingerprint density at radius 2 is 1.94 bits per heavy atom. The average Bonchev–Trinajstić information content (AvgIpc) is 3.31. The molecule has 0 spiro atoms. The van der Waals surface area contributed by atoms with Crippen molar-refractivity contribution in [3.05, 3.63) is 86.2 Å². The van der Waals surface area contributed by atoms with Crippen molar-refractivity contribution in [2.45, 2.75) is 12.8 Å². The SMILES string of the molecule is N#Cc1cc(Cl)cc(Oc2c(C(F)(F)F)ncn(Cn3nccc(-n4ccnn4)c3=O)c2=O)c1. The van der Waals surface area contributed by atoms with Gasteiger partial charge in [0.2, 0.25) is 5.75 Å². The van der Waals surface area contributed by atoms with E-state index in [-0.39, 0.29) is 22.0 Å². The molecule has 172 valence electrons. The topological polar surface area (TPSA) is 134 Å². The van der Waals surface area contributed by atoms with Crippen molar-refractivity contribution >= 4 is 11.6 Å². The summed E-state index contributed by atoms with van der Waals surface area (Å²) in [5, 5.41) is 20.2. The highest BCUT2D eigenvalue weighted by molar-refractivity contribution is 6.30. The highest BCUT2D eigenvalue weighted by Gasteiger charge is 2.38. The lowest BCUT2D eigenvalue weighted by molar-refractivity contribution is -0.142. The first-order valence-electron chi connectivity index (χ1n) is 9.15.